The number of benzene rings is 1. The summed E-state index contributed by atoms with van der Waals surface area (Å²) < 4.78 is 5.64. The Labute approximate surface area is 152 Å². The number of hydrogen-bond donors (Lipinski definition) is 4. The van der Waals surface area contributed by atoms with E-state index in [0.717, 1.165) is 12.8 Å². The molecular formula is C20H26O6. The molecule has 2 aliphatic carbocycles. The SMILES string of the molecule is C[C@@H](CO)c1cc2c(c(O)c1O)[C@@]13CCCC(C)(C)[C@@H]1[C@H](OC3=O)[C@H]2O. The van der Waals surface area contributed by atoms with Crippen LogP contribution in [0.25, 0.3) is 0 Å². The van der Waals surface area contributed by atoms with Gasteiger partial charge in [-0.3, -0.25) is 4.79 Å². The molecule has 1 aromatic carbocycles. The molecule has 4 rings (SSSR count). The summed E-state index contributed by atoms with van der Waals surface area (Å²) in [6, 6.07) is 1.62. The minimum atomic E-state index is -1.07. The highest BCUT2D eigenvalue weighted by Gasteiger charge is 2.70. The molecule has 142 valence electrons. The van der Waals surface area contributed by atoms with E-state index >= 15 is 0 Å². The second kappa shape index (κ2) is 5.36. The van der Waals surface area contributed by atoms with E-state index in [1.807, 2.05) is 0 Å². The molecule has 1 saturated carbocycles. The number of rotatable bonds is 2. The molecule has 0 spiro atoms. The van der Waals surface area contributed by atoms with Crippen molar-refractivity contribution in [1.82, 2.24) is 0 Å². The molecule has 0 unspecified atom stereocenters. The van der Waals surface area contributed by atoms with Crippen LogP contribution in [0, 0.1) is 11.3 Å². The number of carbonyl (C=O) groups excluding carboxylic acids is 1. The fourth-order valence-electron chi connectivity index (χ4n) is 5.73. The van der Waals surface area contributed by atoms with E-state index in [4.69, 9.17) is 4.74 Å². The van der Waals surface area contributed by atoms with E-state index < -0.39 is 29.5 Å². The van der Waals surface area contributed by atoms with Crippen LogP contribution in [0.2, 0.25) is 0 Å². The maximum Gasteiger partial charge on any atom is 0.317 e. The van der Waals surface area contributed by atoms with E-state index in [-0.39, 0.29) is 29.4 Å². The predicted octanol–water partition coefficient (Wildman–Crippen LogP) is 2.23. The largest absolute Gasteiger partial charge is 0.504 e. The maximum absolute atomic E-state index is 13.0. The van der Waals surface area contributed by atoms with Crippen LogP contribution < -0.4 is 0 Å². The summed E-state index contributed by atoms with van der Waals surface area (Å²) in [5.41, 5.74) is -0.177. The number of phenolic OH excluding ortho intramolecular Hbond substituents is 2. The van der Waals surface area contributed by atoms with Crippen molar-refractivity contribution in [3.05, 3.63) is 22.8 Å². The first kappa shape index (κ1) is 17.6. The van der Waals surface area contributed by atoms with Crippen LogP contribution in [0.5, 0.6) is 11.5 Å². The summed E-state index contributed by atoms with van der Waals surface area (Å²) in [5.74, 6) is -1.78. The number of aliphatic hydroxyl groups excluding tert-OH is 2. The van der Waals surface area contributed by atoms with E-state index in [1.54, 1.807) is 13.0 Å². The molecule has 1 heterocycles. The molecule has 1 aromatic rings. The van der Waals surface area contributed by atoms with Gasteiger partial charge in [0, 0.05) is 29.6 Å². The zero-order valence-corrected chi connectivity index (χ0v) is 15.3. The van der Waals surface area contributed by atoms with Crippen LogP contribution in [0.4, 0.5) is 0 Å². The van der Waals surface area contributed by atoms with Crippen molar-refractivity contribution in [2.24, 2.45) is 11.3 Å². The van der Waals surface area contributed by atoms with Crippen LogP contribution in [0.15, 0.2) is 6.07 Å². The summed E-state index contributed by atoms with van der Waals surface area (Å²) in [5, 5.41) is 41.9. The Morgan fingerprint density at radius 3 is 2.62 bits per heavy atom. The lowest BCUT2D eigenvalue weighted by Crippen LogP contribution is -2.54. The lowest BCUT2D eigenvalue weighted by molar-refractivity contribution is -0.148. The Morgan fingerprint density at radius 2 is 1.96 bits per heavy atom. The molecule has 5 atom stereocenters. The van der Waals surface area contributed by atoms with Gasteiger partial charge in [0.2, 0.25) is 0 Å². The summed E-state index contributed by atoms with van der Waals surface area (Å²) in [4.78, 5) is 13.0. The van der Waals surface area contributed by atoms with Gasteiger partial charge >= 0.3 is 5.97 Å². The number of hydrogen-bond acceptors (Lipinski definition) is 6. The smallest absolute Gasteiger partial charge is 0.317 e. The third-order valence-electron chi connectivity index (χ3n) is 6.92. The molecule has 2 fully saturated rings. The molecule has 0 aromatic heterocycles. The summed E-state index contributed by atoms with van der Waals surface area (Å²) in [6.45, 7) is 5.65. The van der Waals surface area contributed by atoms with Gasteiger partial charge in [-0.1, -0.05) is 27.2 Å². The second-order valence-electron chi connectivity index (χ2n) is 8.82. The highest BCUT2D eigenvalue weighted by atomic mass is 16.6. The first-order valence-corrected chi connectivity index (χ1v) is 9.26. The van der Waals surface area contributed by atoms with Gasteiger partial charge in [-0.25, -0.2) is 0 Å². The molecule has 1 aliphatic heterocycles. The standard InChI is InChI=1S/C20H26O6/c1-9(8-21)10-7-11-12(15(24)13(10)22)20-6-4-5-19(2,3)17(20)16(14(11)23)26-18(20)25/h7,9,14,16-17,21-24H,4-6,8H2,1-3H3/t9-,14-,16+,17-,20-/m0/s1. The van der Waals surface area contributed by atoms with Crippen molar-refractivity contribution in [3.8, 4) is 11.5 Å². The first-order chi connectivity index (χ1) is 12.2. The summed E-state index contributed by atoms with van der Waals surface area (Å²) in [6.07, 6.45) is 0.504. The monoisotopic (exact) mass is 362 g/mol. The minimum Gasteiger partial charge on any atom is -0.504 e. The van der Waals surface area contributed by atoms with E-state index in [0.29, 0.717) is 23.1 Å². The third-order valence-corrected chi connectivity index (χ3v) is 6.92. The number of carbonyl (C=O) groups is 1. The first-order valence-electron chi connectivity index (χ1n) is 9.26. The second-order valence-corrected chi connectivity index (χ2v) is 8.82. The van der Waals surface area contributed by atoms with Gasteiger partial charge in [0.1, 0.15) is 17.6 Å². The third kappa shape index (κ3) is 1.92. The molecule has 0 radical (unpaired) electrons. The average molecular weight is 362 g/mol. The normalized spacial score (nSPS) is 35.4. The molecular weight excluding hydrogens is 336 g/mol. The fourth-order valence-corrected chi connectivity index (χ4v) is 5.73. The number of esters is 1. The molecule has 6 nitrogen and oxygen atoms in total. The van der Waals surface area contributed by atoms with E-state index in [2.05, 4.69) is 13.8 Å². The number of aliphatic hydroxyl groups is 2. The lowest BCUT2D eigenvalue weighted by atomic mass is 9.49. The summed E-state index contributed by atoms with van der Waals surface area (Å²) in [7, 11) is 0. The molecule has 3 aliphatic rings. The topological polar surface area (TPSA) is 107 Å². The van der Waals surface area contributed by atoms with Gasteiger partial charge in [-0.15, -0.1) is 0 Å². The van der Waals surface area contributed by atoms with Gasteiger partial charge in [-0.2, -0.15) is 0 Å². The molecule has 2 bridgehead atoms. The van der Waals surface area contributed by atoms with Crippen LogP contribution >= 0.6 is 0 Å². The Bertz CT molecular complexity index is 785. The highest BCUT2D eigenvalue weighted by molar-refractivity contribution is 5.90. The molecule has 1 saturated heterocycles. The average Bonchev–Trinajstić information content (AvgIpc) is 2.86. The Morgan fingerprint density at radius 1 is 1.27 bits per heavy atom. The van der Waals surface area contributed by atoms with Crippen molar-refractivity contribution in [3.63, 3.8) is 0 Å². The van der Waals surface area contributed by atoms with Crippen molar-refractivity contribution < 1.29 is 30.0 Å². The van der Waals surface area contributed by atoms with Gasteiger partial charge in [0.15, 0.2) is 11.5 Å². The highest BCUT2D eigenvalue weighted by Crippen LogP contribution is 2.66. The Hall–Kier alpha value is -1.79. The van der Waals surface area contributed by atoms with Gasteiger partial charge in [-0.05, 0) is 29.9 Å². The summed E-state index contributed by atoms with van der Waals surface area (Å²) >= 11 is 0. The van der Waals surface area contributed by atoms with Crippen molar-refractivity contribution >= 4 is 5.97 Å². The van der Waals surface area contributed by atoms with Gasteiger partial charge in [0.25, 0.3) is 0 Å². The number of phenols is 2. The Balaban J connectivity index is 2.03. The maximum atomic E-state index is 13.0. The molecule has 4 N–H and O–H groups in total. The molecule has 0 amide bonds. The van der Waals surface area contributed by atoms with Gasteiger partial charge in [0.05, 0.1) is 0 Å². The Kier molecular flexibility index (Phi) is 3.63. The molecule has 26 heavy (non-hydrogen) atoms. The van der Waals surface area contributed by atoms with Crippen LogP contribution in [-0.2, 0) is 14.9 Å². The van der Waals surface area contributed by atoms with E-state index in [9.17, 15) is 25.2 Å². The zero-order chi connectivity index (χ0) is 19.0. The fraction of sp³-hybridized carbons (Fsp3) is 0.650. The lowest BCUT2D eigenvalue weighted by Gasteiger charge is -2.51. The quantitative estimate of drug-likeness (QED) is 0.475. The van der Waals surface area contributed by atoms with Crippen LogP contribution in [-0.4, -0.2) is 39.1 Å². The van der Waals surface area contributed by atoms with Crippen LogP contribution in [0.1, 0.15) is 68.7 Å². The minimum absolute atomic E-state index is 0.207. The zero-order valence-electron chi connectivity index (χ0n) is 15.3. The van der Waals surface area contributed by atoms with Crippen molar-refractivity contribution in [2.45, 2.75) is 63.6 Å². The van der Waals surface area contributed by atoms with Crippen molar-refractivity contribution in [2.75, 3.05) is 6.61 Å². The van der Waals surface area contributed by atoms with Crippen LogP contribution in [0.3, 0.4) is 0 Å². The van der Waals surface area contributed by atoms with Crippen molar-refractivity contribution in [1.29, 1.82) is 0 Å². The number of aromatic hydroxyl groups is 2. The van der Waals surface area contributed by atoms with E-state index in [1.165, 1.54) is 0 Å². The predicted molar refractivity (Wildman–Crippen MR) is 92.9 cm³/mol. The number of ether oxygens (including phenoxy) is 1. The molecule has 6 heteroatoms. The van der Waals surface area contributed by atoms with Gasteiger partial charge < -0.3 is 25.2 Å². The number of fused-ring (bicyclic) bond motifs is 1.